The first-order chi connectivity index (χ1) is 10.2. The van der Waals surface area contributed by atoms with E-state index in [1.54, 1.807) is 7.11 Å². The van der Waals surface area contributed by atoms with E-state index in [-0.39, 0.29) is 0 Å². The number of nitrogens with one attached hydrogen (secondary N) is 1. The minimum Gasteiger partial charge on any atom is -0.497 e. The van der Waals surface area contributed by atoms with Crippen molar-refractivity contribution >= 4 is 10.8 Å². The van der Waals surface area contributed by atoms with Crippen molar-refractivity contribution in [1.82, 2.24) is 10.2 Å². The molecule has 1 fully saturated rings. The summed E-state index contributed by atoms with van der Waals surface area (Å²) in [6, 6.07) is 13.9. The van der Waals surface area contributed by atoms with E-state index in [4.69, 9.17) is 4.74 Å². The van der Waals surface area contributed by atoms with Gasteiger partial charge in [0.2, 0.25) is 0 Å². The first-order valence-electron chi connectivity index (χ1n) is 7.68. The second-order valence-electron chi connectivity index (χ2n) is 6.11. The van der Waals surface area contributed by atoms with Crippen LogP contribution in [-0.4, -0.2) is 38.2 Å². The molecule has 2 aromatic carbocycles. The summed E-state index contributed by atoms with van der Waals surface area (Å²) in [5.41, 5.74) is 1.35. The molecule has 2 aromatic rings. The zero-order valence-corrected chi connectivity index (χ0v) is 13.1. The van der Waals surface area contributed by atoms with Gasteiger partial charge >= 0.3 is 0 Å². The fourth-order valence-electron chi connectivity index (χ4n) is 3.16. The molecule has 3 heteroatoms. The Morgan fingerprint density at radius 2 is 1.95 bits per heavy atom. The second-order valence-corrected chi connectivity index (χ2v) is 6.11. The van der Waals surface area contributed by atoms with E-state index in [1.165, 1.54) is 29.3 Å². The molecule has 1 saturated heterocycles. The van der Waals surface area contributed by atoms with E-state index in [1.807, 2.05) is 6.07 Å². The molecule has 21 heavy (non-hydrogen) atoms. The van der Waals surface area contributed by atoms with Crippen LogP contribution in [0, 0.1) is 0 Å². The fraction of sp³-hybridized carbons (Fsp3) is 0.444. The van der Waals surface area contributed by atoms with Crippen molar-refractivity contribution in [3.63, 3.8) is 0 Å². The molecule has 0 aliphatic carbocycles. The molecule has 112 valence electrons. The van der Waals surface area contributed by atoms with Crippen molar-refractivity contribution < 1.29 is 4.74 Å². The molecular formula is C18H24N2O. The number of hydrogen-bond acceptors (Lipinski definition) is 3. The Morgan fingerprint density at radius 1 is 1.19 bits per heavy atom. The van der Waals surface area contributed by atoms with Gasteiger partial charge in [-0.05, 0) is 61.5 Å². The third-order valence-corrected chi connectivity index (χ3v) is 4.45. The molecule has 0 bridgehead atoms. The molecule has 3 nitrogen and oxygen atoms in total. The molecule has 0 aromatic heterocycles. The van der Waals surface area contributed by atoms with Crippen molar-refractivity contribution in [2.75, 3.05) is 27.2 Å². The molecule has 1 N–H and O–H groups in total. The minimum atomic E-state index is 0.382. The molecule has 1 aliphatic rings. The lowest BCUT2D eigenvalue weighted by molar-refractivity contribution is 0.387. The summed E-state index contributed by atoms with van der Waals surface area (Å²) in [7, 11) is 3.90. The Labute approximate surface area is 126 Å². The smallest absolute Gasteiger partial charge is 0.119 e. The highest BCUT2D eigenvalue weighted by molar-refractivity contribution is 5.84. The molecule has 0 radical (unpaired) electrons. The van der Waals surface area contributed by atoms with E-state index < -0.39 is 0 Å². The lowest BCUT2D eigenvalue weighted by atomic mass is 10.0. The van der Waals surface area contributed by atoms with Crippen molar-refractivity contribution in [1.29, 1.82) is 0 Å². The maximum Gasteiger partial charge on any atom is 0.119 e. The van der Waals surface area contributed by atoms with Crippen molar-refractivity contribution in [2.24, 2.45) is 0 Å². The van der Waals surface area contributed by atoms with Gasteiger partial charge in [0.25, 0.3) is 0 Å². The first-order valence-corrected chi connectivity index (χ1v) is 7.68. The second kappa shape index (κ2) is 6.04. The fourth-order valence-corrected chi connectivity index (χ4v) is 3.16. The van der Waals surface area contributed by atoms with E-state index >= 15 is 0 Å². The highest BCUT2D eigenvalue weighted by atomic mass is 16.5. The van der Waals surface area contributed by atoms with Crippen LogP contribution in [0.2, 0.25) is 0 Å². The quantitative estimate of drug-likeness (QED) is 0.933. The summed E-state index contributed by atoms with van der Waals surface area (Å²) >= 11 is 0. The van der Waals surface area contributed by atoms with Gasteiger partial charge < -0.3 is 15.0 Å². The van der Waals surface area contributed by atoms with Crippen LogP contribution in [0.1, 0.15) is 24.9 Å². The predicted octanol–water partition coefficient (Wildman–Crippen LogP) is 3.20. The van der Waals surface area contributed by atoms with Crippen LogP contribution < -0.4 is 10.1 Å². The third-order valence-electron chi connectivity index (χ3n) is 4.45. The lowest BCUT2D eigenvalue weighted by Gasteiger charge is -2.20. The van der Waals surface area contributed by atoms with Gasteiger partial charge in [-0.15, -0.1) is 0 Å². The molecule has 1 heterocycles. The molecule has 0 spiro atoms. The number of likely N-dealkylation sites (N-methyl/N-ethyl adjacent to an activating group) is 1. The van der Waals surface area contributed by atoms with Gasteiger partial charge in [0.05, 0.1) is 7.11 Å². The van der Waals surface area contributed by atoms with Crippen LogP contribution in [0.4, 0.5) is 0 Å². The van der Waals surface area contributed by atoms with Crippen LogP contribution in [0.5, 0.6) is 5.75 Å². The zero-order chi connectivity index (χ0) is 14.8. The average Bonchev–Trinajstić information content (AvgIpc) is 2.91. The van der Waals surface area contributed by atoms with Gasteiger partial charge in [-0.2, -0.15) is 0 Å². The largest absolute Gasteiger partial charge is 0.497 e. The number of rotatable bonds is 4. The van der Waals surface area contributed by atoms with Gasteiger partial charge in [-0.3, -0.25) is 0 Å². The van der Waals surface area contributed by atoms with Crippen LogP contribution >= 0.6 is 0 Å². The Morgan fingerprint density at radius 3 is 2.67 bits per heavy atom. The number of ether oxygens (including phenoxy) is 1. The number of nitrogens with zero attached hydrogens (tertiary/aromatic N) is 1. The highest BCUT2D eigenvalue weighted by Crippen LogP contribution is 2.25. The van der Waals surface area contributed by atoms with Crippen molar-refractivity contribution in [3.8, 4) is 5.75 Å². The maximum absolute atomic E-state index is 5.28. The molecule has 1 aliphatic heterocycles. The summed E-state index contributed by atoms with van der Waals surface area (Å²) in [6.07, 6.45) is 1.24. The van der Waals surface area contributed by atoms with Gasteiger partial charge in [0.1, 0.15) is 5.75 Å². The van der Waals surface area contributed by atoms with Gasteiger partial charge in [-0.1, -0.05) is 18.2 Å². The third kappa shape index (κ3) is 3.20. The number of methoxy groups -OCH3 is 1. The molecule has 2 unspecified atom stereocenters. The summed E-state index contributed by atoms with van der Waals surface area (Å²) < 4.78 is 5.28. The Hall–Kier alpha value is -1.58. The zero-order valence-electron chi connectivity index (χ0n) is 13.1. The average molecular weight is 284 g/mol. The van der Waals surface area contributed by atoms with Crippen LogP contribution in [-0.2, 0) is 0 Å². The predicted molar refractivity (Wildman–Crippen MR) is 88.0 cm³/mol. The van der Waals surface area contributed by atoms with Gasteiger partial charge in [0.15, 0.2) is 0 Å². The number of likely N-dealkylation sites (tertiary alicyclic amines) is 1. The van der Waals surface area contributed by atoms with Crippen molar-refractivity contribution in [3.05, 3.63) is 42.0 Å². The van der Waals surface area contributed by atoms with E-state index in [0.717, 1.165) is 12.3 Å². The van der Waals surface area contributed by atoms with Crippen molar-refractivity contribution in [2.45, 2.75) is 25.4 Å². The van der Waals surface area contributed by atoms with Crippen LogP contribution in [0.3, 0.4) is 0 Å². The summed E-state index contributed by atoms with van der Waals surface area (Å²) in [4.78, 5) is 2.39. The molecule has 0 amide bonds. The topological polar surface area (TPSA) is 24.5 Å². The Balaban J connectivity index is 1.77. The van der Waals surface area contributed by atoms with Crippen LogP contribution in [0.15, 0.2) is 36.4 Å². The van der Waals surface area contributed by atoms with E-state index in [9.17, 15) is 0 Å². The van der Waals surface area contributed by atoms with Crippen LogP contribution in [0.25, 0.3) is 10.8 Å². The summed E-state index contributed by atoms with van der Waals surface area (Å²) in [6.45, 7) is 4.60. The SMILES string of the molecule is COc1ccc2cc(C(C)NC3CCN(C)C3)ccc2c1. The minimum absolute atomic E-state index is 0.382. The van der Waals surface area contributed by atoms with Gasteiger partial charge in [0, 0.05) is 18.6 Å². The molecular weight excluding hydrogens is 260 g/mol. The molecule has 2 atom stereocenters. The highest BCUT2D eigenvalue weighted by Gasteiger charge is 2.21. The summed E-state index contributed by atoms with van der Waals surface area (Å²) in [5, 5.41) is 6.24. The van der Waals surface area contributed by atoms with E-state index in [0.29, 0.717) is 12.1 Å². The standard InChI is InChI=1S/C18H24N2O/c1-13(19-17-8-9-20(2)12-17)14-4-5-16-11-18(21-3)7-6-15(16)10-14/h4-7,10-11,13,17,19H,8-9,12H2,1-3H3. The normalized spacial score (nSPS) is 20.8. The number of hydrogen-bond donors (Lipinski definition) is 1. The van der Waals surface area contributed by atoms with E-state index in [2.05, 4.69) is 54.5 Å². The molecule has 0 saturated carbocycles. The Kier molecular flexibility index (Phi) is 4.13. The molecule has 3 rings (SSSR count). The lowest BCUT2D eigenvalue weighted by Crippen LogP contribution is -2.33. The maximum atomic E-state index is 5.28. The Bertz CT molecular complexity index is 626. The monoisotopic (exact) mass is 284 g/mol. The van der Waals surface area contributed by atoms with Gasteiger partial charge in [-0.25, -0.2) is 0 Å². The number of fused-ring (bicyclic) bond motifs is 1. The first kappa shape index (κ1) is 14.4. The number of benzene rings is 2. The summed E-state index contributed by atoms with van der Waals surface area (Å²) in [5.74, 6) is 0.912.